The number of ether oxygens (including phenoxy) is 3. The zero-order chi connectivity index (χ0) is 33.8. The molecule has 11 N–H and O–H groups in total. The highest BCUT2D eigenvalue weighted by atomic mass is 17.2. The Kier molecular flexibility index (Phi) is 7.92. The Balaban J connectivity index is 1.58. The number of fused-ring (bicyclic) bond motifs is 5. The van der Waals surface area contributed by atoms with Crippen molar-refractivity contribution >= 4 is 17.9 Å². The van der Waals surface area contributed by atoms with Crippen LogP contribution in [-0.4, -0.2) is 111 Å². The van der Waals surface area contributed by atoms with Gasteiger partial charge in [-0.1, -0.05) is 0 Å². The molecule has 2 aliphatic heterocycles. The quantitative estimate of drug-likeness (QED) is 0.0957. The lowest BCUT2D eigenvalue weighted by Gasteiger charge is -2.40. The van der Waals surface area contributed by atoms with Gasteiger partial charge in [0.1, 0.15) is 24.9 Å². The molecule has 0 saturated carbocycles. The van der Waals surface area contributed by atoms with Crippen molar-refractivity contribution < 1.29 is 94.5 Å². The fourth-order valence-corrected chi connectivity index (χ4v) is 4.64. The molecule has 5 rings (SSSR count). The first-order chi connectivity index (χ1) is 21.6. The van der Waals surface area contributed by atoms with Gasteiger partial charge in [0.15, 0.2) is 46.4 Å². The molecule has 19 heteroatoms. The molecule has 0 unspecified atom stereocenters. The highest BCUT2D eigenvalue weighted by Crippen LogP contribution is 2.52. The minimum atomic E-state index is -2.20. The van der Waals surface area contributed by atoms with E-state index >= 15 is 0 Å². The second-order valence-corrected chi connectivity index (χ2v) is 9.85. The van der Waals surface area contributed by atoms with E-state index in [1.54, 1.807) is 0 Å². The van der Waals surface area contributed by atoms with E-state index in [2.05, 4.69) is 0 Å². The van der Waals surface area contributed by atoms with Crippen molar-refractivity contribution in [2.75, 3.05) is 6.61 Å². The first kappa shape index (κ1) is 31.5. The summed E-state index contributed by atoms with van der Waals surface area (Å²) in [6.45, 7) is -0.975. The first-order valence-corrected chi connectivity index (χ1v) is 12.7. The van der Waals surface area contributed by atoms with Crippen molar-refractivity contribution in [3.63, 3.8) is 0 Å². The summed E-state index contributed by atoms with van der Waals surface area (Å²) in [5, 5.41) is 112. The molecule has 0 radical (unpaired) electrons. The predicted octanol–water partition coefficient (Wildman–Crippen LogP) is -0.365. The average Bonchev–Trinajstić information content (AvgIpc) is 3.01. The Labute approximate surface area is 254 Å². The zero-order valence-electron chi connectivity index (χ0n) is 22.6. The van der Waals surface area contributed by atoms with E-state index in [1.807, 2.05) is 0 Å². The monoisotopic (exact) mass is 650 g/mol. The second-order valence-electron chi connectivity index (χ2n) is 9.85. The van der Waals surface area contributed by atoms with E-state index in [4.69, 9.17) is 24.0 Å². The standard InChI is InChI=1S/C27H22O19/c28-9-1-6(2-10(29)16(9)32)24(39)44-27-22(38)23-19(35)13(43-27)5-42-25(40)7-3-11(30)17(33)20(36)14(7)15-8(26(41)46-45-23)4-12(31)18(34)21(15)37/h1-4,13,19,22-23,27-38H,5H2/t13-,19-,22-,23+,27+/m1/s1. The van der Waals surface area contributed by atoms with E-state index < -0.39 is 135 Å². The van der Waals surface area contributed by atoms with Crippen molar-refractivity contribution in [2.45, 2.75) is 30.7 Å². The molecule has 46 heavy (non-hydrogen) atoms. The molecule has 2 bridgehead atoms. The van der Waals surface area contributed by atoms with Crippen LogP contribution in [0.5, 0.6) is 51.7 Å². The van der Waals surface area contributed by atoms with E-state index in [0.717, 1.165) is 0 Å². The van der Waals surface area contributed by atoms with Gasteiger partial charge < -0.3 is 70.4 Å². The number of carbonyl (C=O) groups excluding carboxylic acids is 3. The number of cyclic esters (lactones) is 1. The predicted molar refractivity (Wildman–Crippen MR) is 140 cm³/mol. The summed E-state index contributed by atoms with van der Waals surface area (Å²) in [5.41, 5.74) is -4.25. The van der Waals surface area contributed by atoms with Crippen LogP contribution in [0.25, 0.3) is 11.1 Å². The van der Waals surface area contributed by atoms with Crippen LogP contribution in [0, 0.1) is 0 Å². The minimum absolute atomic E-state index is 0.487. The Bertz CT molecular complexity index is 1740. The summed E-state index contributed by atoms with van der Waals surface area (Å²) < 4.78 is 15.6. The number of aliphatic hydroxyl groups is 2. The largest absolute Gasteiger partial charge is 0.504 e. The third kappa shape index (κ3) is 5.24. The van der Waals surface area contributed by atoms with Crippen molar-refractivity contribution in [3.8, 4) is 62.9 Å². The van der Waals surface area contributed by atoms with Gasteiger partial charge in [-0.2, -0.15) is 4.89 Å². The van der Waals surface area contributed by atoms with Gasteiger partial charge in [0, 0.05) is 11.1 Å². The third-order valence-corrected chi connectivity index (χ3v) is 6.98. The van der Waals surface area contributed by atoms with E-state index in [0.29, 0.717) is 24.3 Å². The van der Waals surface area contributed by atoms with Crippen molar-refractivity contribution in [1.29, 1.82) is 0 Å². The Hall–Kier alpha value is -5.89. The van der Waals surface area contributed by atoms with Crippen LogP contribution in [0.1, 0.15) is 31.1 Å². The van der Waals surface area contributed by atoms with Crippen LogP contribution in [0.15, 0.2) is 24.3 Å². The molecule has 1 fully saturated rings. The van der Waals surface area contributed by atoms with Gasteiger partial charge in [-0.15, -0.1) is 0 Å². The number of aromatic hydroxyl groups is 9. The van der Waals surface area contributed by atoms with Crippen molar-refractivity contribution in [2.24, 2.45) is 0 Å². The van der Waals surface area contributed by atoms with Crippen LogP contribution in [0.3, 0.4) is 0 Å². The SMILES string of the molecule is O=C(O[C@@H]1O[C@@H]2COC(=O)c3cc(O)c(O)c(O)c3-c3c(cc(O)c(O)c3O)C(=O)OO[C@H]([C@H]1O)[C@@H]2O)c1cc(O)c(O)c(O)c1. The summed E-state index contributed by atoms with van der Waals surface area (Å²) in [7, 11) is 0. The molecule has 2 heterocycles. The van der Waals surface area contributed by atoms with E-state index in [9.17, 15) is 70.6 Å². The maximum atomic E-state index is 13.2. The molecule has 0 aromatic heterocycles. The number of aliphatic hydroxyl groups excluding tert-OH is 2. The molecule has 3 aromatic rings. The third-order valence-electron chi connectivity index (χ3n) is 6.98. The van der Waals surface area contributed by atoms with Crippen molar-refractivity contribution in [1.82, 2.24) is 0 Å². The molecular weight excluding hydrogens is 628 g/mol. The molecule has 0 amide bonds. The molecule has 2 aliphatic rings. The molecule has 5 atom stereocenters. The van der Waals surface area contributed by atoms with Gasteiger partial charge in [-0.25, -0.2) is 14.4 Å². The fourth-order valence-electron chi connectivity index (χ4n) is 4.64. The minimum Gasteiger partial charge on any atom is -0.504 e. The topological polar surface area (TPSA) is 320 Å². The summed E-state index contributed by atoms with van der Waals surface area (Å²) in [5.74, 6) is -14.7. The zero-order valence-corrected chi connectivity index (χ0v) is 22.6. The number of phenolic OH excluding ortho intramolecular Hbond substituents is 9. The number of hydrogen-bond donors (Lipinski definition) is 11. The average molecular weight is 650 g/mol. The smallest absolute Gasteiger partial charge is 0.374 e. The summed E-state index contributed by atoms with van der Waals surface area (Å²) in [6, 6.07) is 2.40. The van der Waals surface area contributed by atoms with Crippen LogP contribution in [-0.2, 0) is 24.0 Å². The van der Waals surface area contributed by atoms with Gasteiger partial charge >= 0.3 is 17.9 Å². The molecule has 1 saturated heterocycles. The van der Waals surface area contributed by atoms with Gasteiger partial charge in [0.25, 0.3) is 0 Å². The van der Waals surface area contributed by atoms with E-state index in [-0.39, 0.29) is 0 Å². The van der Waals surface area contributed by atoms with Gasteiger partial charge in [0.2, 0.25) is 17.8 Å². The Morgan fingerprint density at radius 1 is 0.674 bits per heavy atom. The lowest BCUT2D eigenvalue weighted by Crippen LogP contribution is -2.60. The van der Waals surface area contributed by atoms with Crippen LogP contribution < -0.4 is 0 Å². The highest BCUT2D eigenvalue weighted by Gasteiger charge is 2.49. The first-order valence-electron chi connectivity index (χ1n) is 12.7. The molecule has 244 valence electrons. The second kappa shape index (κ2) is 11.6. The Morgan fingerprint density at radius 2 is 1.17 bits per heavy atom. The molecule has 0 aliphatic carbocycles. The number of benzene rings is 3. The molecule has 0 spiro atoms. The van der Waals surface area contributed by atoms with Gasteiger partial charge in [-0.3, -0.25) is 4.89 Å². The van der Waals surface area contributed by atoms with Gasteiger partial charge in [-0.05, 0) is 24.3 Å². The van der Waals surface area contributed by atoms with Crippen molar-refractivity contribution in [3.05, 3.63) is 41.0 Å². The number of carbonyl (C=O) groups is 3. The maximum Gasteiger partial charge on any atom is 0.374 e. The number of phenols is 9. The normalized spacial score (nSPS) is 23.0. The summed E-state index contributed by atoms with van der Waals surface area (Å²) >= 11 is 0. The van der Waals surface area contributed by atoms with Gasteiger partial charge in [0.05, 0.1) is 16.7 Å². The molecule has 19 nitrogen and oxygen atoms in total. The highest BCUT2D eigenvalue weighted by molar-refractivity contribution is 6.08. The van der Waals surface area contributed by atoms with Crippen LogP contribution >= 0.6 is 0 Å². The maximum absolute atomic E-state index is 13.2. The Morgan fingerprint density at radius 3 is 1.72 bits per heavy atom. The van der Waals surface area contributed by atoms with Crippen LogP contribution in [0.2, 0.25) is 0 Å². The lowest BCUT2D eigenvalue weighted by molar-refractivity contribution is -0.366. The summed E-state index contributed by atoms with van der Waals surface area (Å²) in [4.78, 5) is 48.8. The van der Waals surface area contributed by atoms with E-state index in [1.165, 1.54) is 0 Å². The number of esters is 2. The lowest BCUT2D eigenvalue weighted by atomic mass is 9.92. The summed E-state index contributed by atoms with van der Waals surface area (Å²) in [6.07, 6.45) is -10.2. The van der Waals surface area contributed by atoms with Crippen LogP contribution in [0.4, 0.5) is 0 Å². The molecule has 3 aromatic carbocycles. The molecular formula is C27H22O19. The number of hydrogen-bond acceptors (Lipinski definition) is 19. The fraction of sp³-hybridized carbons (Fsp3) is 0.222. The number of rotatable bonds is 2.